The minimum Gasteiger partial charge on any atom is -0.497 e. The number of methoxy groups -OCH3 is 3. The lowest BCUT2D eigenvalue weighted by molar-refractivity contribution is -0.142. The van der Waals surface area contributed by atoms with Crippen molar-refractivity contribution in [3.63, 3.8) is 0 Å². The summed E-state index contributed by atoms with van der Waals surface area (Å²) in [5.74, 6) is -1.48. The molecule has 0 bridgehead atoms. The first-order chi connectivity index (χ1) is 10.5. The van der Waals surface area contributed by atoms with Crippen LogP contribution in [0.1, 0.15) is 5.56 Å². The van der Waals surface area contributed by atoms with E-state index in [1.54, 1.807) is 24.3 Å². The molecule has 0 spiro atoms. The van der Waals surface area contributed by atoms with Crippen LogP contribution < -0.4 is 10.5 Å². The van der Waals surface area contributed by atoms with Gasteiger partial charge in [-0.2, -0.15) is 0 Å². The van der Waals surface area contributed by atoms with Gasteiger partial charge in [-0.05, 0) is 24.3 Å². The molecule has 0 unspecified atom stereocenters. The molecule has 8 nitrogen and oxygen atoms in total. The molecular weight excluding hydrogens is 292 g/mol. The molecule has 0 amide bonds. The lowest BCUT2D eigenvalue weighted by Gasteiger charge is -2.05. The Morgan fingerprint density at radius 3 is 2.23 bits per heavy atom. The molecule has 0 radical (unpaired) electrons. The maximum absolute atomic E-state index is 11.4. The second-order valence-electron chi connectivity index (χ2n) is 3.82. The second kappa shape index (κ2) is 8.30. The summed E-state index contributed by atoms with van der Waals surface area (Å²) in [6.07, 6.45) is 0.802. The number of carbonyl (C=O) groups excluding carboxylic acids is 2. The Balaban J connectivity index is 2.90. The lowest BCUT2D eigenvalue weighted by Crippen LogP contribution is -2.16. The quantitative estimate of drug-likeness (QED) is 0.204. The third-order valence-electron chi connectivity index (χ3n) is 2.46. The number of hydrogen-bond acceptors (Lipinski definition) is 7. The van der Waals surface area contributed by atoms with E-state index in [0.29, 0.717) is 11.3 Å². The summed E-state index contributed by atoms with van der Waals surface area (Å²) in [6.45, 7) is 0. The van der Waals surface area contributed by atoms with Gasteiger partial charge in [0, 0.05) is 5.56 Å². The zero-order valence-electron chi connectivity index (χ0n) is 12.4. The minimum absolute atomic E-state index is 0.00215. The van der Waals surface area contributed by atoms with Crippen molar-refractivity contribution in [3.05, 3.63) is 41.7 Å². The van der Waals surface area contributed by atoms with Crippen molar-refractivity contribution in [3.8, 4) is 5.75 Å². The highest BCUT2D eigenvalue weighted by Crippen LogP contribution is 2.11. The molecule has 0 saturated carbocycles. The largest absolute Gasteiger partial charge is 0.497 e. The third-order valence-corrected chi connectivity index (χ3v) is 2.46. The fourth-order valence-corrected chi connectivity index (χ4v) is 1.30. The first-order valence-corrected chi connectivity index (χ1v) is 6.04. The van der Waals surface area contributed by atoms with E-state index >= 15 is 0 Å². The molecule has 1 rings (SSSR count). The number of esters is 2. The highest BCUT2D eigenvalue weighted by Gasteiger charge is 2.15. The van der Waals surface area contributed by atoms with E-state index in [0.717, 1.165) is 20.3 Å². The van der Waals surface area contributed by atoms with Gasteiger partial charge in [-0.1, -0.05) is 5.16 Å². The monoisotopic (exact) mass is 308 g/mol. The molecule has 8 heteroatoms. The Morgan fingerprint density at radius 2 is 1.73 bits per heavy atom. The van der Waals surface area contributed by atoms with Crippen LogP contribution in [0.15, 0.2) is 41.3 Å². The summed E-state index contributed by atoms with van der Waals surface area (Å²) in [4.78, 5) is 27.5. The normalized spacial score (nSPS) is 11.6. The van der Waals surface area contributed by atoms with Crippen LogP contribution in [-0.4, -0.2) is 39.1 Å². The Kier molecular flexibility index (Phi) is 6.42. The van der Waals surface area contributed by atoms with E-state index in [1.165, 1.54) is 7.11 Å². The van der Waals surface area contributed by atoms with Crippen LogP contribution in [0.4, 0.5) is 0 Å². The van der Waals surface area contributed by atoms with Crippen molar-refractivity contribution in [2.75, 3.05) is 21.3 Å². The smallest absolute Gasteiger partial charge is 0.377 e. The van der Waals surface area contributed by atoms with Gasteiger partial charge in [-0.25, -0.2) is 9.59 Å². The van der Waals surface area contributed by atoms with Gasteiger partial charge in [0.05, 0.1) is 27.4 Å². The van der Waals surface area contributed by atoms with Crippen LogP contribution in [0.3, 0.4) is 0 Å². The van der Waals surface area contributed by atoms with Crippen molar-refractivity contribution >= 4 is 17.8 Å². The van der Waals surface area contributed by atoms with E-state index in [1.807, 2.05) is 0 Å². The molecule has 1 aromatic rings. The Morgan fingerprint density at radius 1 is 1.09 bits per heavy atom. The molecule has 22 heavy (non-hydrogen) atoms. The minimum atomic E-state index is -0.892. The van der Waals surface area contributed by atoms with E-state index < -0.39 is 17.7 Å². The molecule has 0 fully saturated rings. The summed E-state index contributed by atoms with van der Waals surface area (Å²) in [7, 11) is 3.83. The molecule has 0 aromatic heterocycles. The molecule has 0 atom stereocenters. The molecular formula is C14H16N2O6. The zero-order chi connectivity index (χ0) is 16.5. The fraction of sp³-hybridized carbons (Fsp3) is 0.214. The van der Waals surface area contributed by atoms with Crippen LogP contribution >= 0.6 is 0 Å². The highest BCUT2D eigenvalue weighted by atomic mass is 16.7. The van der Waals surface area contributed by atoms with Crippen LogP contribution in [0.5, 0.6) is 5.75 Å². The van der Waals surface area contributed by atoms with Crippen molar-refractivity contribution in [2.45, 2.75) is 0 Å². The average molecular weight is 308 g/mol. The van der Waals surface area contributed by atoms with E-state index in [4.69, 9.17) is 15.3 Å². The van der Waals surface area contributed by atoms with E-state index in [9.17, 15) is 9.59 Å². The van der Waals surface area contributed by atoms with Gasteiger partial charge in [0.1, 0.15) is 5.75 Å². The summed E-state index contributed by atoms with van der Waals surface area (Å²) in [6, 6.07) is 6.68. The van der Waals surface area contributed by atoms with E-state index in [-0.39, 0.29) is 5.84 Å². The van der Waals surface area contributed by atoms with Crippen LogP contribution in [0, 0.1) is 0 Å². The topological polar surface area (TPSA) is 109 Å². The first kappa shape index (κ1) is 17.0. The van der Waals surface area contributed by atoms with Gasteiger partial charge in [0.25, 0.3) is 0 Å². The van der Waals surface area contributed by atoms with Gasteiger partial charge in [0.15, 0.2) is 5.84 Å². The number of oxime groups is 1. The maximum atomic E-state index is 11.4. The molecule has 2 N–H and O–H groups in total. The van der Waals surface area contributed by atoms with Crippen LogP contribution in [0.25, 0.3) is 0 Å². The SMILES string of the molecule is COC(=O)/C=C(/O/N=C(\N)c1ccc(OC)cc1)C(=O)OC. The van der Waals surface area contributed by atoms with Gasteiger partial charge in [-0.3, -0.25) is 0 Å². The number of nitrogens with two attached hydrogens (primary N) is 1. The van der Waals surface area contributed by atoms with Crippen molar-refractivity contribution in [2.24, 2.45) is 10.9 Å². The van der Waals surface area contributed by atoms with Crippen molar-refractivity contribution in [1.29, 1.82) is 0 Å². The van der Waals surface area contributed by atoms with Gasteiger partial charge in [-0.15, -0.1) is 0 Å². The molecule has 0 aliphatic rings. The molecule has 0 aliphatic carbocycles. The Hall–Kier alpha value is -3.03. The number of carbonyl (C=O) groups is 2. The number of nitrogens with zero attached hydrogens (tertiary/aromatic N) is 1. The molecule has 1 aromatic carbocycles. The summed E-state index contributed by atoms with van der Waals surface area (Å²) < 4.78 is 13.9. The van der Waals surface area contributed by atoms with E-state index in [2.05, 4.69) is 14.6 Å². The maximum Gasteiger partial charge on any atom is 0.377 e. The summed E-state index contributed by atoms with van der Waals surface area (Å²) >= 11 is 0. The van der Waals surface area contributed by atoms with Crippen LogP contribution in [0.2, 0.25) is 0 Å². The second-order valence-corrected chi connectivity index (χ2v) is 3.82. The standard InChI is InChI=1S/C14H16N2O6/c1-19-10-6-4-9(5-7-10)13(15)16-22-11(14(18)21-3)8-12(17)20-2/h4-8H,1-3H3,(H2,15,16)/b11-8+. The van der Waals surface area contributed by atoms with Crippen molar-refractivity contribution < 1.29 is 28.6 Å². The summed E-state index contributed by atoms with van der Waals surface area (Å²) in [5, 5.41) is 3.58. The fourth-order valence-electron chi connectivity index (χ4n) is 1.30. The predicted molar refractivity (Wildman–Crippen MR) is 76.9 cm³/mol. The highest BCUT2D eigenvalue weighted by molar-refractivity contribution is 5.98. The predicted octanol–water partition coefficient (Wildman–Crippen LogP) is 0.562. The number of rotatable bonds is 6. The molecule has 0 aliphatic heterocycles. The number of benzene rings is 1. The number of hydrogen-bond donors (Lipinski definition) is 1. The third kappa shape index (κ3) is 4.82. The van der Waals surface area contributed by atoms with Gasteiger partial charge < -0.3 is 24.8 Å². The molecule has 0 saturated heterocycles. The molecule has 118 valence electrons. The number of amidine groups is 1. The summed E-state index contributed by atoms with van der Waals surface area (Å²) in [5.41, 5.74) is 6.27. The lowest BCUT2D eigenvalue weighted by atomic mass is 10.2. The first-order valence-electron chi connectivity index (χ1n) is 6.04. The van der Waals surface area contributed by atoms with Crippen molar-refractivity contribution in [1.82, 2.24) is 0 Å². The van der Waals surface area contributed by atoms with Crippen LogP contribution in [-0.2, 0) is 23.9 Å². The molecule has 0 heterocycles. The number of ether oxygens (including phenoxy) is 3. The Labute approximate surface area is 127 Å². The zero-order valence-corrected chi connectivity index (χ0v) is 12.4. The van der Waals surface area contributed by atoms with Gasteiger partial charge in [0.2, 0.25) is 5.76 Å². The average Bonchev–Trinajstić information content (AvgIpc) is 2.57. The van der Waals surface area contributed by atoms with Gasteiger partial charge >= 0.3 is 11.9 Å². The Bertz CT molecular complexity index is 592.